The Morgan fingerprint density at radius 2 is 1.79 bits per heavy atom. The van der Waals surface area contributed by atoms with Crippen molar-refractivity contribution in [2.45, 2.75) is 12.6 Å². The molecule has 1 saturated heterocycles. The Balaban J connectivity index is 1.60. The highest BCUT2D eigenvalue weighted by atomic mass is 35.5. The molecular weight excluding hydrogens is 388 g/mol. The van der Waals surface area contributed by atoms with Gasteiger partial charge in [-0.05, 0) is 35.4 Å². The quantitative estimate of drug-likeness (QED) is 0.536. The highest BCUT2D eigenvalue weighted by Crippen LogP contribution is 2.23. The number of nitrogens with zero attached hydrogens (tertiary/aromatic N) is 2. The van der Waals surface area contributed by atoms with E-state index in [9.17, 15) is 0 Å². The van der Waals surface area contributed by atoms with Gasteiger partial charge in [-0.3, -0.25) is 9.89 Å². The van der Waals surface area contributed by atoms with E-state index in [2.05, 4.69) is 32.7 Å². The summed E-state index contributed by atoms with van der Waals surface area (Å²) >= 11 is 6.08. The standard InChI is InChI=1S/C22H29ClN4O2/c1-24-22(25-15-17-3-9-20(28-2)10-4-17)26-16-21(27-11-13-29-14-12-27)18-5-7-19(23)8-6-18/h3-10,21H,11-16H2,1-2H3,(H2,24,25,26). The Morgan fingerprint density at radius 1 is 1.10 bits per heavy atom. The fourth-order valence-electron chi connectivity index (χ4n) is 3.37. The van der Waals surface area contributed by atoms with Crippen LogP contribution >= 0.6 is 11.6 Å². The number of benzene rings is 2. The average Bonchev–Trinajstić information content (AvgIpc) is 2.78. The molecule has 1 atom stereocenters. The molecular formula is C22H29ClN4O2. The minimum absolute atomic E-state index is 0.218. The summed E-state index contributed by atoms with van der Waals surface area (Å²) in [6, 6.07) is 16.3. The smallest absolute Gasteiger partial charge is 0.191 e. The second kappa shape index (κ2) is 11.0. The predicted octanol–water partition coefficient (Wildman–Crippen LogP) is 3.09. The molecule has 7 heteroatoms. The van der Waals surface area contributed by atoms with Crippen LogP contribution < -0.4 is 15.4 Å². The van der Waals surface area contributed by atoms with Crippen molar-refractivity contribution >= 4 is 17.6 Å². The van der Waals surface area contributed by atoms with Gasteiger partial charge in [-0.2, -0.15) is 0 Å². The molecule has 1 heterocycles. The first-order chi connectivity index (χ1) is 14.2. The van der Waals surface area contributed by atoms with E-state index in [0.717, 1.165) is 55.1 Å². The Hall–Kier alpha value is -2.28. The Labute approximate surface area is 177 Å². The van der Waals surface area contributed by atoms with Gasteiger partial charge in [0.1, 0.15) is 5.75 Å². The van der Waals surface area contributed by atoms with Gasteiger partial charge in [0.15, 0.2) is 5.96 Å². The topological polar surface area (TPSA) is 58.1 Å². The van der Waals surface area contributed by atoms with Crippen LogP contribution in [-0.4, -0.2) is 57.9 Å². The summed E-state index contributed by atoms with van der Waals surface area (Å²) in [7, 11) is 3.46. The second-order valence-corrected chi connectivity index (χ2v) is 7.31. The van der Waals surface area contributed by atoms with Crippen LogP contribution in [0.25, 0.3) is 0 Å². The second-order valence-electron chi connectivity index (χ2n) is 6.87. The molecule has 1 aliphatic heterocycles. The first-order valence-corrected chi connectivity index (χ1v) is 10.2. The Bertz CT molecular complexity index is 774. The minimum Gasteiger partial charge on any atom is -0.497 e. The molecule has 0 aliphatic carbocycles. The predicted molar refractivity (Wildman–Crippen MR) is 118 cm³/mol. The van der Waals surface area contributed by atoms with Crippen molar-refractivity contribution in [3.05, 3.63) is 64.7 Å². The van der Waals surface area contributed by atoms with E-state index in [1.165, 1.54) is 5.56 Å². The van der Waals surface area contributed by atoms with Gasteiger partial charge in [0.05, 0.1) is 26.4 Å². The molecule has 1 unspecified atom stereocenters. The van der Waals surface area contributed by atoms with Gasteiger partial charge < -0.3 is 20.1 Å². The van der Waals surface area contributed by atoms with Crippen molar-refractivity contribution in [2.24, 2.45) is 4.99 Å². The van der Waals surface area contributed by atoms with Crippen molar-refractivity contribution in [2.75, 3.05) is 47.0 Å². The maximum Gasteiger partial charge on any atom is 0.191 e. The Kier molecular flexibility index (Phi) is 8.16. The fraction of sp³-hybridized carbons (Fsp3) is 0.409. The third-order valence-corrected chi connectivity index (χ3v) is 5.30. The highest BCUT2D eigenvalue weighted by molar-refractivity contribution is 6.30. The van der Waals surface area contributed by atoms with Gasteiger partial charge in [0, 0.05) is 38.2 Å². The molecule has 2 aromatic carbocycles. The van der Waals surface area contributed by atoms with Crippen LogP contribution in [0.15, 0.2) is 53.5 Å². The number of aliphatic imine (C=N–C) groups is 1. The Morgan fingerprint density at radius 3 is 2.41 bits per heavy atom. The van der Waals surface area contributed by atoms with Crippen molar-refractivity contribution in [1.29, 1.82) is 0 Å². The fourth-order valence-corrected chi connectivity index (χ4v) is 3.50. The van der Waals surface area contributed by atoms with Crippen molar-refractivity contribution in [3.63, 3.8) is 0 Å². The van der Waals surface area contributed by atoms with E-state index in [-0.39, 0.29) is 6.04 Å². The molecule has 29 heavy (non-hydrogen) atoms. The van der Waals surface area contributed by atoms with Crippen LogP contribution in [0.5, 0.6) is 5.75 Å². The number of ether oxygens (including phenoxy) is 2. The summed E-state index contributed by atoms with van der Waals surface area (Å²) in [5.74, 6) is 1.63. The first kappa shape index (κ1) is 21.4. The van der Waals surface area contributed by atoms with E-state index >= 15 is 0 Å². The molecule has 0 saturated carbocycles. The first-order valence-electron chi connectivity index (χ1n) is 9.84. The lowest BCUT2D eigenvalue weighted by Crippen LogP contribution is -2.46. The summed E-state index contributed by atoms with van der Waals surface area (Å²) in [5.41, 5.74) is 2.39. The molecule has 1 fully saturated rings. The van der Waals surface area contributed by atoms with Crippen LogP contribution in [0.2, 0.25) is 5.02 Å². The number of nitrogens with one attached hydrogen (secondary N) is 2. The molecule has 2 aromatic rings. The van der Waals surface area contributed by atoms with Crippen molar-refractivity contribution in [3.8, 4) is 5.75 Å². The van der Waals surface area contributed by atoms with Gasteiger partial charge in [0.25, 0.3) is 0 Å². The minimum atomic E-state index is 0.218. The molecule has 156 valence electrons. The third-order valence-electron chi connectivity index (χ3n) is 5.05. The molecule has 6 nitrogen and oxygen atoms in total. The van der Waals surface area contributed by atoms with Gasteiger partial charge in [-0.1, -0.05) is 35.9 Å². The van der Waals surface area contributed by atoms with E-state index in [1.807, 2.05) is 36.4 Å². The number of methoxy groups -OCH3 is 1. The average molecular weight is 417 g/mol. The summed E-state index contributed by atoms with van der Waals surface area (Å²) in [6.45, 7) is 4.76. The van der Waals surface area contributed by atoms with Gasteiger partial charge in [0.2, 0.25) is 0 Å². The number of morpholine rings is 1. The van der Waals surface area contributed by atoms with Crippen molar-refractivity contribution in [1.82, 2.24) is 15.5 Å². The van der Waals surface area contributed by atoms with Gasteiger partial charge in [-0.15, -0.1) is 0 Å². The molecule has 0 radical (unpaired) electrons. The normalized spacial score (nSPS) is 16.3. The van der Waals surface area contributed by atoms with E-state index in [1.54, 1.807) is 14.2 Å². The molecule has 0 bridgehead atoms. The number of guanidine groups is 1. The van der Waals surface area contributed by atoms with Crippen LogP contribution in [-0.2, 0) is 11.3 Å². The molecule has 0 aromatic heterocycles. The van der Waals surface area contributed by atoms with Crippen LogP contribution in [0, 0.1) is 0 Å². The maximum absolute atomic E-state index is 6.08. The zero-order chi connectivity index (χ0) is 20.5. The van der Waals surface area contributed by atoms with E-state index in [0.29, 0.717) is 6.54 Å². The summed E-state index contributed by atoms with van der Waals surface area (Å²) in [5, 5.41) is 7.60. The van der Waals surface area contributed by atoms with Crippen LogP contribution in [0.4, 0.5) is 0 Å². The number of halogens is 1. The van der Waals surface area contributed by atoms with Gasteiger partial charge in [-0.25, -0.2) is 0 Å². The summed E-state index contributed by atoms with van der Waals surface area (Å²) in [4.78, 5) is 6.81. The van der Waals surface area contributed by atoms with E-state index < -0.39 is 0 Å². The lowest BCUT2D eigenvalue weighted by atomic mass is 10.0. The number of hydrogen-bond acceptors (Lipinski definition) is 4. The molecule has 3 rings (SSSR count). The number of rotatable bonds is 7. The molecule has 2 N–H and O–H groups in total. The van der Waals surface area contributed by atoms with E-state index in [4.69, 9.17) is 21.1 Å². The SMILES string of the molecule is CN=C(NCc1ccc(OC)cc1)NCC(c1ccc(Cl)cc1)N1CCOCC1. The molecule has 1 aliphatic rings. The summed E-state index contributed by atoms with van der Waals surface area (Å²) < 4.78 is 10.7. The molecule has 0 amide bonds. The lowest BCUT2D eigenvalue weighted by molar-refractivity contribution is 0.0170. The van der Waals surface area contributed by atoms with Gasteiger partial charge >= 0.3 is 0 Å². The van der Waals surface area contributed by atoms with Crippen molar-refractivity contribution < 1.29 is 9.47 Å². The number of hydrogen-bond donors (Lipinski definition) is 2. The zero-order valence-corrected chi connectivity index (χ0v) is 17.8. The zero-order valence-electron chi connectivity index (χ0n) is 17.0. The largest absolute Gasteiger partial charge is 0.497 e. The lowest BCUT2D eigenvalue weighted by Gasteiger charge is -2.35. The monoisotopic (exact) mass is 416 g/mol. The third kappa shape index (κ3) is 6.35. The maximum atomic E-state index is 6.08. The van der Waals surface area contributed by atoms with Crippen LogP contribution in [0.1, 0.15) is 17.2 Å². The summed E-state index contributed by atoms with van der Waals surface area (Å²) in [6.07, 6.45) is 0. The molecule has 0 spiro atoms. The highest BCUT2D eigenvalue weighted by Gasteiger charge is 2.22. The van der Waals surface area contributed by atoms with Crippen LogP contribution in [0.3, 0.4) is 0 Å².